The Morgan fingerprint density at radius 3 is 2.37 bits per heavy atom. The lowest BCUT2D eigenvalue weighted by atomic mass is 10.2. The van der Waals surface area contributed by atoms with E-state index in [1.54, 1.807) is 49.8 Å². The van der Waals surface area contributed by atoms with Gasteiger partial charge in [0.25, 0.3) is 10.0 Å². The van der Waals surface area contributed by atoms with Crippen LogP contribution in [0.25, 0.3) is 16.6 Å². The fourth-order valence-corrected chi connectivity index (χ4v) is 5.78. The molecule has 11 heteroatoms. The minimum Gasteiger partial charge on any atom is -0.459 e. The van der Waals surface area contributed by atoms with Crippen molar-refractivity contribution in [3.63, 3.8) is 0 Å². The highest BCUT2D eigenvalue weighted by Crippen LogP contribution is 2.31. The van der Waals surface area contributed by atoms with E-state index in [-0.39, 0.29) is 14.9 Å². The molecule has 0 aliphatic heterocycles. The summed E-state index contributed by atoms with van der Waals surface area (Å²) >= 11 is 12.1. The molecule has 0 amide bonds. The number of carbonyl (C=O) groups excluding carboxylic acids is 1. The molecule has 0 aliphatic rings. The van der Waals surface area contributed by atoms with Gasteiger partial charge in [0, 0.05) is 34.9 Å². The highest BCUT2D eigenvalue weighted by molar-refractivity contribution is 7.92. The van der Waals surface area contributed by atoms with E-state index >= 15 is 0 Å². The molecular weight excluding hydrogens is 511 g/mol. The SMILES string of the molecule is Cn1cc(-n2ccc3cc(N(CC(=O)OC(C)(C)C)S(=O)(=O)c4cc(Cl)cc(Cl)c4)ccc32)cn1. The summed E-state index contributed by atoms with van der Waals surface area (Å²) in [5.74, 6) is -0.692. The fourth-order valence-electron chi connectivity index (χ4n) is 3.65. The third-order valence-electron chi connectivity index (χ3n) is 5.05. The number of aromatic nitrogens is 3. The topological polar surface area (TPSA) is 86.4 Å². The van der Waals surface area contributed by atoms with Crippen molar-refractivity contribution in [1.29, 1.82) is 0 Å². The first-order chi connectivity index (χ1) is 16.3. The number of hydrogen-bond donors (Lipinski definition) is 0. The molecule has 4 rings (SSSR count). The second-order valence-corrected chi connectivity index (χ2v) is 11.7. The molecule has 184 valence electrons. The van der Waals surface area contributed by atoms with Crippen LogP contribution in [0.1, 0.15) is 20.8 Å². The number of anilines is 1. The largest absolute Gasteiger partial charge is 0.459 e. The first-order valence-corrected chi connectivity index (χ1v) is 12.8. The standard InChI is InChI=1S/C24H24Cl2N4O4S/c1-24(2,3)34-23(31)15-30(35(32,33)21-11-17(25)10-18(26)12-21)19-5-6-22-16(9-19)7-8-29(22)20-13-27-28(4)14-20/h5-14H,15H2,1-4H3. The molecule has 2 heterocycles. The Morgan fingerprint density at radius 2 is 1.77 bits per heavy atom. The summed E-state index contributed by atoms with van der Waals surface area (Å²) < 4.78 is 37.4. The van der Waals surface area contributed by atoms with Gasteiger partial charge in [-0.1, -0.05) is 23.2 Å². The first-order valence-electron chi connectivity index (χ1n) is 10.6. The van der Waals surface area contributed by atoms with Crippen LogP contribution in [0, 0.1) is 0 Å². The number of esters is 1. The molecule has 35 heavy (non-hydrogen) atoms. The van der Waals surface area contributed by atoms with Crippen LogP contribution in [-0.4, -0.2) is 40.9 Å². The van der Waals surface area contributed by atoms with Crippen molar-refractivity contribution < 1.29 is 17.9 Å². The van der Waals surface area contributed by atoms with Crippen molar-refractivity contribution in [2.75, 3.05) is 10.8 Å². The zero-order chi connectivity index (χ0) is 25.5. The smallest absolute Gasteiger partial charge is 0.327 e. The minimum atomic E-state index is -4.22. The predicted octanol–water partition coefficient (Wildman–Crippen LogP) is 5.21. The van der Waals surface area contributed by atoms with E-state index in [1.807, 2.05) is 30.1 Å². The molecule has 0 spiro atoms. The lowest BCUT2D eigenvalue weighted by molar-refractivity contribution is -0.152. The van der Waals surface area contributed by atoms with Gasteiger partial charge in [0.15, 0.2) is 0 Å². The van der Waals surface area contributed by atoms with Crippen molar-refractivity contribution in [1.82, 2.24) is 14.3 Å². The number of ether oxygens (including phenoxy) is 1. The Labute approximate surface area is 213 Å². The number of aryl methyl sites for hydroxylation is 1. The van der Waals surface area contributed by atoms with Gasteiger partial charge >= 0.3 is 5.97 Å². The maximum absolute atomic E-state index is 13.7. The maximum atomic E-state index is 13.7. The minimum absolute atomic E-state index is 0.133. The molecule has 4 aromatic rings. The number of nitrogens with zero attached hydrogens (tertiary/aromatic N) is 4. The van der Waals surface area contributed by atoms with Crippen LogP contribution in [-0.2, 0) is 26.6 Å². The lowest BCUT2D eigenvalue weighted by Crippen LogP contribution is -2.39. The van der Waals surface area contributed by atoms with Gasteiger partial charge in [-0.2, -0.15) is 5.10 Å². The summed E-state index contributed by atoms with van der Waals surface area (Å²) in [6.45, 7) is 4.62. The van der Waals surface area contributed by atoms with Gasteiger partial charge in [-0.25, -0.2) is 8.42 Å². The van der Waals surface area contributed by atoms with E-state index in [9.17, 15) is 13.2 Å². The number of halogens is 2. The maximum Gasteiger partial charge on any atom is 0.327 e. The monoisotopic (exact) mass is 534 g/mol. The molecule has 0 saturated carbocycles. The van der Waals surface area contributed by atoms with E-state index in [2.05, 4.69) is 5.10 Å². The highest BCUT2D eigenvalue weighted by atomic mass is 35.5. The van der Waals surface area contributed by atoms with Crippen LogP contribution in [0.2, 0.25) is 10.0 Å². The summed E-state index contributed by atoms with van der Waals surface area (Å²) in [6.07, 6.45) is 5.47. The number of carbonyl (C=O) groups is 1. The zero-order valence-corrected chi connectivity index (χ0v) is 21.9. The third-order valence-corrected chi connectivity index (χ3v) is 7.24. The van der Waals surface area contributed by atoms with E-state index < -0.39 is 28.1 Å². The Kier molecular flexibility index (Phi) is 6.61. The number of fused-ring (bicyclic) bond motifs is 1. The summed E-state index contributed by atoms with van der Waals surface area (Å²) in [4.78, 5) is 12.6. The van der Waals surface area contributed by atoms with Crippen LogP contribution in [0.4, 0.5) is 5.69 Å². The zero-order valence-electron chi connectivity index (χ0n) is 19.6. The van der Waals surface area contributed by atoms with Crippen LogP contribution in [0.15, 0.2) is 66.0 Å². The highest BCUT2D eigenvalue weighted by Gasteiger charge is 2.30. The molecule has 2 aromatic heterocycles. The molecule has 0 bridgehead atoms. The molecule has 0 atom stereocenters. The quantitative estimate of drug-likeness (QED) is 0.317. The van der Waals surface area contributed by atoms with Gasteiger partial charge < -0.3 is 9.30 Å². The molecule has 8 nitrogen and oxygen atoms in total. The van der Waals surface area contributed by atoms with E-state index in [0.29, 0.717) is 5.69 Å². The van der Waals surface area contributed by atoms with Crippen molar-refractivity contribution in [3.05, 3.63) is 71.1 Å². The Balaban J connectivity index is 1.80. The summed E-state index contributed by atoms with van der Waals surface area (Å²) in [5.41, 5.74) is 1.23. The predicted molar refractivity (Wildman–Crippen MR) is 137 cm³/mol. The van der Waals surface area contributed by atoms with Gasteiger partial charge in [0.2, 0.25) is 0 Å². The van der Waals surface area contributed by atoms with E-state index in [0.717, 1.165) is 20.9 Å². The Hall–Kier alpha value is -3.01. The normalized spacial score (nSPS) is 12.2. The van der Waals surface area contributed by atoms with Gasteiger partial charge in [-0.3, -0.25) is 13.8 Å². The van der Waals surface area contributed by atoms with E-state index in [1.165, 1.54) is 18.2 Å². The number of benzene rings is 2. The molecule has 0 radical (unpaired) electrons. The van der Waals surface area contributed by atoms with Crippen molar-refractivity contribution in [2.24, 2.45) is 7.05 Å². The first kappa shape index (κ1) is 25.1. The van der Waals surface area contributed by atoms with Gasteiger partial charge in [-0.15, -0.1) is 0 Å². The Bertz CT molecular complexity index is 1500. The second-order valence-electron chi connectivity index (χ2n) is 9.00. The van der Waals surface area contributed by atoms with Gasteiger partial charge in [0.05, 0.1) is 28.0 Å². The van der Waals surface area contributed by atoms with Crippen molar-refractivity contribution in [3.8, 4) is 5.69 Å². The molecule has 0 saturated heterocycles. The van der Waals surface area contributed by atoms with Crippen LogP contribution >= 0.6 is 23.2 Å². The third kappa shape index (κ3) is 5.47. The lowest BCUT2D eigenvalue weighted by Gasteiger charge is -2.26. The van der Waals surface area contributed by atoms with Crippen LogP contribution < -0.4 is 4.31 Å². The molecule has 0 N–H and O–H groups in total. The van der Waals surface area contributed by atoms with Crippen molar-refractivity contribution >= 4 is 55.8 Å². The fraction of sp³-hybridized carbons (Fsp3) is 0.250. The number of hydrogen-bond acceptors (Lipinski definition) is 5. The number of rotatable bonds is 6. The molecule has 0 unspecified atom stereocenters. The van der Waals surface area contributed by atoms with Gasteiger partial charge in [0.1, 0.15) is 12.1 Å². The Morgan fingerprint density at radius 1 is 1.09 bits per heavy atom. The molecular formula is C24H24Cl2N4O4S. The van der Waals surface area contributed by atoms with Gasteiger partial charge in [-0.05, 0) is 63.2 Å². The summed E-state index contributed by atoms with van der Waals surface area (Å²) in [5, 5.41) is 5.31. The van der Waals surface area contributed by atoms with Crippen LogP contribution in [0.5, 0.6) is 0 Å². The average molecular weight is 535 g/mol. The average Bonchev–Trinajstić information content (AvgIpc) is 3.35. The molecule has 0 fully saturated rings. The summed E-state index contributed by atoms with van der Waals surface area (Å²) in [7, 11) is -2.39. The second kappa shape index (κ2) is 9.22. The van der Waals surface area contributed by atoms with Crippen LogP contribution in [0.3, 0.4) is 0 Å². The molecule has 2 aromatic carbocycles. The van der Waals surface area contributed by atoms with Crippen molar-refractivity contribution in [2.45, 2.75) is 31.3 Å². The van der Waals surface area contributed by atoms with E-state index in [4.69, 9.17) is 27.9 Å². The number of sulfonamides is 1. The molecule has 0 aliphatic carbocycles. The summed E-state index contributed by atoms with van der Waals surface area (Å²) in [6, 6.07) is 11.0.